The third kappa shape index (κ3) is 3.67. The number of rotatable bonds is 4. The highest BCUT2D eigenvalue weighted by molar-refractivity contribution is 7.80. The Labute approximate surface area is 211 Å². The average molecular weight is 469 g/mol. The van der Waals surface area contributed by atoms with Gasteiger partial charge in [-0.1, -0.05) is 109 Å². The number of ether oxygens (including phenoxy) is 1. The fourth-order valence-electron chi connectivity index (χ4n) is 5.05. The summed E-state index contributed by atoms with van der Waals surface area (Å²) in [5.74, 6) is 0.862. The largest absolute Gasteiger partial charge is 0.495 e. The maximum absolute atomic E-state index is 6.21. The van der Waals surface area contributed by atoms with Crippen LogP contribution in [-0.4, -0.2) is 7.11 Å². The molecule has 0 spiro atoms. The van der Waals surface area contributed by atoms with Gasteiger partial charge in [0, 0.05) is 21.6 Å². The Kier molecular flexibility index (Phi) is 5.52. The van der Waals surface area contributed by atoms with Crippen molar-refractivity contribution in [3.63, 3.8) is 0 Å². The fourth-order valence-corrected chi connectivity index (χ4v) is 5.47. The molecule has 0 saturated carbocycles. The van der Waals surface area contributed by atoms with Gasteiger partial charge in [-0.3, -0.25) is 0 Å². The molecule has 0 aliphatic rings. The van der Waals surface area contributed by atoms with Crippen molar-refractivity contribution in [3.8, 4) is 39.1 Å². The van der Waals surface area contributed by atoms with Crippen LogP contribution in [-0.2, 0) is 0 Å². The zero-order valence-electron chi connectivity index (χ0n) is 19.4. The maximum atomic E-state index is 6.21. The molecule has 0 atom stereocenters. The minimum Gasteiger partial charge on any atom is -0.495 e. The second kappa shape index (κ2) is 8.98. The summed E-state index contributed by atoms with van der Waals surface area (Å²) in [4.78, 5) is 0.948. The molecule has 2 heteroatoms. The summed E-state index contributed by atoms with van der Waals surface area (Å²) in [5.41, 5.74) is 6.62. The Morgan fingerprint density at radius 3 is 1.54 bits per heavy atom. The van der Waals surface area contributed by atoms with Gasteiger partial charge in [-0.25, -0.2) is 0 Å². The number of hydrogen-bond donors (Lipinski definition) is 1. The second-order valence-corrected chi connectivity index (χ2v) is 9.10. The van der Waals surface area contributed by atoms with Crippen molar-refractivity contribution in [2.24, 2.45) is 0 Å². The lowest BCUT2D eigenvalue weighted by Gasteiger charge is -2.21. The Balaban J connectivity index is 1.80. The first-order valence-electron chi connectivity index (χ1n) is 11.7. The van der Waals surface area contributed by atoms with Crippen LogP contribution in [0.3, 0.4) is 0 Å². The minimum absolute atomic E-state index is 0.862. The van der Waals surface area contributed by atoms with Crippen molar-refractivity contribution in [2.45, 2.75) is 4.90 Å². The van der Waals surface area contributed by atoms with Crippen LogP contribution in [0, 0.1) is 0 Å². The number of methoxy groups -OCH3 is 1. The summed E-state index contributed by atoms with van der Waals surface area (Å²) in [6, 6.07) is 42.5. The third-order valence-corrected chi connectivity index (χ3v) is 7.11. The van der Waals surface area contributed by atoms with Crippen LogP contribution in [0.1, 0.15) is 0 Å². The number of hydrogen-bond acceptors (Lipinski definition) is 2. The van der Waals surface area contributed by atoms with Gasteiger partial charge in [0.2, 0.25) is 0 Å². The zero-order chi connectivity index (χ0) is 23.8. The van der Waals surface area contributed by atoms with E-state index >= 15 is 0 Å². The van der Waals surface area contributed by atoms with Gasteiger partial charge in [0.15, 0.2) is 0 Å². The van der Waals surface area contributed by atoms with Crippen LogP contribution >= 0.6 is 12.6 Å². The Morgan fingerprint density at radius 1 is 0.514 bits per heavy atom. The van der Waals surface area contributed by atoms with Crippen molar-refractivity contribution >= 4 is 34.2 Å². The van der Waals surface area contributed by atoms with Crippen LogP contribution in [0.4, 0.5) is 0 Å². The molecule has 6 rings (SSSR count). The minimum atomic E-state index is 0.862. The van der Waals surface area contributed by atoms with E-state index < -0.39 is 0 Å². The predicted molar refractivity (Wildman–Crippen MR) is 152 cm³/mol. The molecule has 35 heavy (non-hydrogen) atoms. The summed E-state index contributed by atoms with van der Waals surface area (Å²) in [6.45, 7) is 0. The zero-order valence-corrected chi connectivity index (χ0v) is 20.3. The van der Waals surface area contributed by atoms with Crippen molar-refractivity contribution in [1.29, 1.82) is 0 Å². The van der Waals surface area contributed by atoms with E-state index in [2.05, 4.69) is 109 Å². The molecule has 0 aliphatic carbocycles. The molecule has 0 radical (unpaired) electrons. The molecule has 0 aliphatic heterocycles. The molecule has 0 fully saturated rings. The molecule has 0 saturated heterocycles. The first-order valence-corrected chi connectivity index (χ1v) is 12.2. The van der Waals surface area contributed by atoms with Crippen LogP contribution < -0.4 is 4.74 Å². The molecule has 0 N–H and O–H groups in total. The van der Waals surface area contributed by atoms with E-state index in [0.29, 0.717) is 0 Å². The second-order valence-electron chi connectivity index (χ2n) is 8.65. The molecule has 0 amide bonds. The fraction of sp³-hybridized carbons (Fsp3) is 0.0303. The standard InChI is InChI=1S/C33H24OS/c1-34-32-28(22-12-4-2-5-13-22)20-24-16-8-10-18-26(24)30(32)31-27-19-11-9-17-25(27)21-29(33(31)35)23-14-6-3-7-15-23/h2-21,35H,1H3. The Morgan fingerprint density at radius 2 is 0.971 bits per heavy atom. The Bertz CT molecular complexity index is 1670. The SMILES string of the molecule is COc1c(-c2ccccc2)cc2ccccc2c1-c1c(S)c(-c2ccccc2)cc2ccccc12. The predicted octanol–water partition coefficient (Wildman–Crippen LogP) is 9.29. The lowest BCUT2D eigenvalue weighted by atomic mass is 9.87. The van der Waals surface area contributed by atoms with Gasteiger partial charge in [0.05, 0.1) is 7.11 Å². The molecular weight excluding hydrogens is 444 g/mol. The van der Waals surface area contributed by atoms with Crippen LogP contribution in [0.2, 0.25) is 0 Å². The molecular formula is C33H24OS. The van der Waals surface area contributed by atoms with Crippen molar-refractivity contribution in [2.75, 3.05) is 7.11 Å². The molecule has 1 nitrogen and oxygen atoms in total. The summed E-state index contributed by atoms with van der Waals surface area (Å²) >= 11 is 5.19. The van der Waals surface area contributed by atoms with E-state index in [9.17, 15) is 0 Å². The summed E-state index contributed by atoms with van der Waals surface area (Å²) in [5, 5.41) is 4.65. The highest BCUT2D eigenvalue weighted by atomic mass is 32.1. The molecule has 6 aromatic rings. The average Bonchev–Trinajstić information content (AvgIpc) is 2.93. The summed E-state index contributed by atoms with van der Waals surface area (Å²) in [7, 11) is 1.77. The van der Waals surface area contributed by atoms with E-state index in [1.807, 2.05) is 12.1 Å². The molecule has 0 aromatic heterocycles. The molecule has 0 bridgehead atoms. The van der Waals surface area contributed by atoms with Crippen LogP contribution in [0.25, 0.3) is 54.9 Å². The lowest BCUT2D eigenvalue weighted by Crippen LogP contribution is -1.97. The number of benzene rings is 6. The van der Waals surface area contributed by atoms with Gasteiger partial charge in [-0.05, 0) is 50.4 Å². The van der Waals surface area contributed by atoms with E-state index in [-0.39, 0.29) is 0 Å². The maximum Gasteiger partial charge on any atom is 0.135 e. The van der Waals surface area contributed by atoms with E-state index in [1.165, 1.54) is 10.8 Å². The quantitative estimate of drug-likeness (QED) is 0.254. The number of fused-ring (bicyclic) bond motifs is 2. The van der Waals surface area contributed by atoms with Gasteiger partial charge in [-0.15, -0.1) is 12.6 Å². The van der Waals surface area contributed by atoms with Gasteiger partial charge in [-0.2, -0.15) is 0 Å². The first-order chi connectivity index (χ1) is 17.3. The monoisotopic (exact) mass is 468 g/mol. The molecule has 168 valence electrons. The Hall–Kier alpha value is -4.01. The first kappa shape index (κ1) is 21.5. The van der Waals surface area contributed by atoms with Gasteiger partial charge < -0.3 is 4.74 Å². The highest BCUT2D eigenvalue weighted by Crippen LogP contribution is 2.50. The normalized spacial score (nSPS) is 11.1. The molecule has 6 aromatic carbocycles. The van der Waals surface area contributed by atoms with E-state index in [4.69, 9.17) is 17.4 Å². The van der Waals surface area contributed by atoms with Crippen molar-refractivity contribution in [1.82, 2.24) is 0 Å². The number of thiol groups is 1. The smallest absolute Gasteiger partial charge is 0.135 e. The van der Waals surface area contributed by atoms with Gasteiger partial charge in [0.1, 0.15) is 5.75 Å². The van der Waals surface area contributed by atoms with Gasteiger partial charge >= 0.3 is 0 Å². The summed E-state index contributed by atoms with van der Waals surface area (Å²) in [6.07, 6.45) is 0. The summed E-state index contributed by atoms with van der Waals surface area (Å²) < 4.78 is 6.21. The topological polar surface area (TPSA) is 9.23 Å². The van der Waals surface area contributed by atoms with Crippen molar-refractivity contribution in [3.05, 3.63) is 121 Å². The van der Waals surface area contributed by atoms with Crippen LogP contribution in [0.15, 0.2) is 126 Å². The molecule has 0 heterocycles. The molecule has 0 unspecified atom stereocenters. The highest BCUT2D eigenvalue weighted by Gasteiger charge is 2.22. The van der Waals surface area contributed by atoms with Crippen molar-refractivity contribution < 1.29 is 4.74 Å². The van der Waals surface area contributed by atoms with E-state index in [1.54, 1.807) is 7.11 Å². The lowest BCUT2D eigenvalue weighted by molar-refractivity contribution is 0.418. The third-order valence-electron chi connectivity index (χ3n) is 6.65. The van der Waals surface area contributed by atoms with Crippen LogP contribution in [0.5, 0.6) is 5.75 Å². The van der Waals surface area contributed by atoms with E-state index in [0.717, 1.165) is 54.8 Å². The van der Waals surface area contributed by atoms with Gasteiger partial charge in [0.25, 0.3) is 0 Å².